The molecule has 5 heteroatoms. The van der Waals surface area contributed by atoms with Gasteiger partial charge in [0.1, 0.15) is 11.2 Å². The quantitative estimate of drug-likeness (QED) is 0.188. The van der Waals surface area contributed by atoms with Crippen LogP contribution in [-0.4, -0.2) is 19.5 Å². The van der Waals surface area contributed by atoms with Crippen molar-refractivity contribution in [1.29, 1.82) is 0 Å². The molecule has 0 saturated carbocycles. The van der Waals surface area contributed by atoms with Crippen molar-refractivity contribution in [2.24, 2.45) is 0 Å². The molecule has 0 unspecified atom stereocenters. The van der Waals surface area contributed by atoms with Crippen LogP contribution in [0.2, 0.25) is 0 Å². The van der Waals surface area contributed by atoms with Crippen LogP contribution >= 0.6 is 0 Å². The van der Waals surface area contributed by atoms with Crippen LogP contribution in [0.25, 0.3) is 94.7 Å². The second-order valence-electron chi connectivity index (χ2n) is 12.5. The van der Waals surface area contributed by atoms with Gasteiger partial charge in [0.15, 0.2) is 17.5 Å². The Morgan fingerprint density at radius 1 is 0.360 bits per heavy atom. The summed E-state index contributed by atoms with van der Waals surface area (Å²) in [6.07, 6.45) is 0. The summed E-state index contributed by atoms with van der Waals surface area (Å²) in [5, 5.41) is 4.65. The number of nitrogens with zero attached hydrogens (tertiary/aromatic N) is 4. The summed E-state index contributed by atoms with van der Waals surface area (Å²) in [5.41, 5.74) is 10.1. The van der Waals surface area contributed by atoms with Gasteiger partial charge in [-0.3, -0.25) is 0 Å². The second-order valence-corrected chi connectivity index (χ2v) is 12.5. The molecule has 10 aromatic rings. The summed E-state index contributed by atoms with van der Waals surface area (Å²) in [6, 6.07) is 58.5. The van der Waals surface area contributed by atoms with Gasteiger partial charge in [0, 0.05) is 32.8 Å². The van der Waals surface area contributed by atoms with Crippen molar-refractivity contribution in [3.8, 4) is 51.0 Å². The van der Waals surface area contributed by atoms with Gasteiger partial charge in [-0.25, -0.2) is 15.0 Å². The fourth-order valence-corrected chi connectivity index (χ4v) is 7.13. The fourth-order valence-electron chi connectivity index (χ4n) is 7.13. The zero-order valence-electron chi connectivity index (χ0n) is 26.9. The molecule has 0 N–H and O–H groups in total. The number of furan rings is 1. The first kappa shape index (κ1) is 28.2. The van der Waals surface area contributed by atoms with Gasteiger partial charge in [-0.1, -0.05) is 127 Å². The number of fused-ring (bicyclic) bond motifs is 6. The van der Waals surface area contributed by atoms with E-state index in [1.54, 1.807) is 0 Å². The van der Waals surface area contributed by atoms with Crippen LogP contribution in [0.5, 0.6) is 0 Å². The maximum Gasteiger partial charge on any atom is 0.164 e. The Hall–Kier alpha value is -6.85. The monoisotopic (exact) mass is 640 g/mol. The van der Waals surface area contributed by atoms with Crippen LogP contribution in [-0.2, 0) is 0 Å². The maximum absolute atomic E-state index is 6.58. The predicted molar refractivity (Wildman–Crippen MR) is 203 cm³/mol. The largest absolute Gasteiger partial charge is 0.456 e. The minimum atomic E-state index is 0.625. The smallest absolute Gasteiger partial charge is 0.164 e. The van der Waals surface area contributed by atoms with Crippen molar-refractivity contribution in [1.82, 2.24) is 19.5 Å². The van der Waals surface area contributed by atoms with E-state index in [4.69, 9.17) is 19.4 Å². The highest BCUT2D eigenvalue weighted by Crippen LogP contribution is 2.40. The molecule has 0 atom stereocenters. The van der Waals surface area contributed by atoms with Gasteiger partial charge in [-0.05, 0) is 53.6 Å². The minimum absolute atomic E-state index is 0.625. The first-order valence-corrected chi connectivity index (χ1v) is 16.7. The molecular formula is C45H28N4O. The summed E-state index contributed by atoms with van der Waals surface area (Å²) >= 11 is 0. The Kier molecular flexibility index (Phi) is 6.42. The summed E-state index contributed by atoms with van der Waals surface area (Å²) < 4.78 is 8.94. The van der Waals surface area contributed by atoms with Crippen molar-refractivity contribution in [2.75, 3.05) is 0 Å². The zero-order chi connectivity index (χ0) is 33.0. The van der Waals surface area contributed by atoms with Crippen LogP contribution in [0.4, 0.5) is 0 Å². The molecule has 0 amide bonds. The number of para-hydroxylation sites is 2. The molecule has 0 aliphatic carbocycles. The first-order valence-electron chi connectivity index (χ1n) is 16.7. The summed E-state index contributed by atoms with van der Waals surface area (Å²) in [5.74, 6) is 1.91. The Labute approximate surface area is 287 Å². The lowest BCUT2D eigenvalue weighted by molar-refractivity contribution is 0.669. The number of rotatable bonds is 5. The zero-order valence-corrected chi connectivity index (χ0v) is 26.9. The molecule has 5 nitrogen and oxygen atoms in total. The highest BCUT2D eigenvalue weighted by atomic mass is 16.3. The molecule has 0 radical (unpaired) electrons. The molecule has 50 heavy (non-hydrogen) atoms. The van der Waals surface area contributed by atoms with E-state index in [0.29, 0.717) is 17.5 Å². The molecule has 0 saturated heterocycles. The molecular weight excluding hydrogens is 613 g/mol. The molecule has 234 valence electrons. The van der Waals surface area contributed by atoms with Gasteiger partial charge in [-0.2, -0.15) is 0 Å². The van der Waals surface area contributed by atoms with Crippen molar-refractivity contribution >= 4 is 43.7 Å². The number of hydrogen-bond donors (Lipinski definition) is 0. The number of hydrogen-bond acceptors (Lipinski definition) is 4. The van der Waals surface area contributed by atoms with E-state index >= 15 is 0 Å². The van der Waals surface area contributed by atoms with Crippen LogP contribution in [0.3, 0.4) is 0 Å². The van der Waals surface area contributed by atoms with Gasteiger partial charge in [-0.15, -0.1) is 0 Å². The molecule has 0 bridgehead atoms. The van der Waals surface area contributed by atoms with Crippen molar-refractivity contribution in [2.45, 2.75) is 0 Å². The lowest BCUT2D eigenvalue weighted by Gasteiger charge is -2.10. The van der Waals surface area contributed by atoms with Gasteiger partial charge in [0.05, 0.1) is 22.1 Å². The highest BCUT2D eigenvalue weighted by molar-refractivity contribution is 6.14. The van der Waals surface area contributed by atoms with E-state index in [9.17, 15) is 0 Å². The van der Waals surface area contributed by atoms with Gasteiger partial charge < -0.3 is 8.98 Å². The molecule has 3 heterocycles. The van der Waals surface area contributed by atoms with E-state index in [2.05, 4.69) is 114 Å². The van der Waals surface area contributed by atoms with Crippen LogP contribution in [0, 0.1) is 0 Å². The Bertz CT molecular complexity index is 2760. The number of benzene rings is 7. The van der Waals surface area contributed by atoms with Crippen LogP contribution < -0.4 is 0 Å². The standard InChI is InChI=1S/C45H28N4O/c1-3-13-29(14-4-1)43-46-44(30-15-5-2-6-16-30)48-45(47-43)33-18-11-17-31(27-33)32-25-26-36-41(28-32)50-40-24-12-23-39(42(36)40)49-37-21-9-7-19-34(37)35-20-8-10-22-38(35)49/h1-28H. The van der Waals surface area contributed by atoms with Crippen molar-refractivity contribution in [3.05, 3.63) is 170 Å². The Morgan fingerprint density at radius 3 is 1.54 bits per heavy atom. The molecule has 0 aliphatic rings. The fraction of sp³-hybridized carbons (Fsp3) is 0. The molecule has 0 spiro atoms. The summed E-state index contributed by atoms with van der Waals surface area (Å²) in [7, 11) is 0. The average molecular weight is 641 g/mol. The average Bonchev–Trinajstić information content (AvgIpc) is 3.74. The van der Waals surface area contributed by atoms with Crippen LogP contribution in [0.1, 0.15) is 0 Å². The third kappa shape index (κ3) is 4.60. The molecule has 7 aromatic carbocycles. The van der Waals surface area contributed by atoms with E-state index < -0.39 is 0 Å². The normalized spacial score (nSPS) is 11.6. The summed E-state index contributed by atoms with van der Waals surface area (Å²) in [4.78, 5) is 14.8. The van der Waals surface area contributed by atoms with Crippen molar-refractivity contribution in [3.63, 3.8) is 0 Å². The highest BCUT2D eigenvalue weighted by Gasteiger charge is 2.18. The Balaban J connectivity index is 1.10. The van der Waals surface area contributed by atoms with E-state index in [0.717, 1.165) is 55.4 Å². The van der Waals surface area contributed by atoms with Crippen molar-refractivity contribution < 1.29 is 4.42 Å². The van der Waals surface area contributed by atoms with E-state index in [-0.39, 0.29) is 0 Å². The van der Waals surface area contributed by atoms with E-state index in [1.165, 1.54) is 21.8 Å². The first-order chi connectivity index (χ1) is 24.8. The Morgan fingerprint density at radius 2 is 0.880 bits per heavy atom. The molecule has 10 rings (SSSR count). The van der Waals surface area contributed by atoms with Crippen LogP contribution in [0.15, 0.2) is 174 Å². The van der Waals surface area contributed by atoms with Gasteiger partial charge in [0.25, 0.3) is 0 Å². The van der Waals surface area contributed by atoms with Gasteiger partial charge in [0.2, 0.25) is 0 Å². The topological polar surface area (TPSA) is 56.7 Å². The molecule has 0 aliphatic heterocycles. The van der Waals surface area contributed by atoms with E-state index in [1.807, 2.05) is 60.7 Å². The molecule has 0 fully saturated rings. The third-order valence-electron chi connectivity index (χ3n) is 9.45. The lowest BCUT2D eigenvalue weighted by Crippen LogP contribution is -2.00. The second kappa shape index (κ2) is 11.4. The SMILES string of the molecule is c1ccc(-c2nc(-c3ccccc3)nc(-c3cccc(-c4ccc5c(c4)oc4cccc(-n6c7ccccc7c7ccccc76)c45)c3)n2)cc1. The minimum Gasteiger partial charge on any atom is -0.456 e. The third-order valence-corrected chi connectivity index (χ3v) is 9.45. The lowest BCUT2D eigenvalue weighted by atomic mass is 10.0. The predicted octanol–water partition coefficient (Wildman–Crippen LogP) is 11.5. The summed E-state index contributed by atoms with van der Waals surface area (Å²) in [6.45, 7) is 0. The molecule has 3 aromatic heterocycles. The maximum atomic E-state index is 6.58. The van der Waals surface area contributed by atoms with Gasteiger partial charge >= 0.3 is 0 Å². The number of aromatic nitrogens is 4.